The van der Waals surface area contributed by atoms with Crippen LogP contribution in [-0.4, -0.2) is 5.48 Å². The van der Waals surface area contributed by atoms with Crippen LogP contribution in [0.4, 0.5) is 11.4 Å². The molecule has 50 valence electrons. The lowest BCUT2D eigenvalue weighted by atomic mass is 10.3. The van der Waals surface area contributed by atoms with Crippen LogP contribution in [-0.2, 0) is 0 Å². The van der Waals surface area contributed by atoms with E-state index in [9.17, 15) is 0 Å². The zero-order chi connectivity index (χ0) is 5.98. The number of nitrogen functional groups attached to an aromatic ring is 2. The van der Waals surface area contributed by atoms with E-state index < -0.39 is 0 Å². The molecule has 0 saturated heterocycles. The van der Waals surface area contributed by atoms with E-state index in [-0.39, 0.29) is 5.48 Å². The molecule has 0 saturated carbocycles. The Labute approximate surface area is 53.6 Å². The molecule has 0 fully saturated rings. The minimum atomic E-state index is 0. The number of nitrogens with two attached hydrogens (primary N) is 2. The van der Waals surface area contributed by atoms with Crippen LogP contribution in [0.2, 0.25) is 0 Å². The van der Waals surface area contributed by atoms with E-state index in [0.717, 1.165) is 0 Å². The van der Waals surface area contributed by atoms with Crippen molar-refractivity contribution in [2.45, 2.75) is 0 Å². The first kappa shape index (κ1) is 7.78. The van der Waals surface area contributed by atoms with Crippen molar-refractivity contribution in [2.24, 2.45) is 0 Å². The third kappa shape index (κ3) is 2.01. The molecule has 0 radical (unpaired) electrons. The maximum Gasteiger partial charge on any atom is 0.0334 e. The van der Waals surface area contributed by atoms with E-state index in [1.54, 1.807) is 18.2 Å². The first-order valence-electron chi connectivity index (χ1n) is 2.40. The van der Waals surface area contributed by atoms with Gasteiger partial charge in [-0.15, -0.1) is 0 Å². The quantitative estimate of drug-likeness (QED) is 0.480. The Morgan fingerprint density at radius 1 is 1.00 bits per heavy atom. The zero-order valence-electron chi connectivity index (χ0n) is 4.96. The van der Waals surface area contributed by atoms with E-state index in [0.29, 0.717) is 11.4 Å². The summed E-state index contributed by atoms with van der Waals surface area (Å²) in [5, 5.41) is 0. The Kier molecular flexibility index (Phi) is 2.54. The molecule has 0 amide bonds. The minimum Gasteiger partial charge on any atom is -0.412 e. The maximum atomic E-state index is 5.38. The van der Waals surface area contributed by atoms with Crippen LogP contribution in [0.1, 0.15) is 0 Å². The van der Waals surface area contributed by atoms with Gasteiger partial charge in [-0.05, 0) is 18.2 Å². The Morgan fingerprint density at radius 3 is 1.67 bits per heavy atom. The lowest BCUT2D eigenvalue weighted by Crippen LogP contribution is -1.87. The lowest BCUT2D eigenvalue weighted by molar-refractivity contribution is 0.824. The van der Waals surface area contributed by atoms with E-state index in [2.05, 4.69) is 0 Å². The first-order chi connectivity index (χ1) is 3.79. The molecular formula is C6H10N2O. The highest BCUT2D eigenvalue weighted by Crippen LogP contribution is 2.06. The predicted octanol–water partition coefficient (Wildman–Crippen LogP) is 0.0263. The molecule has 9 heavy (non-hydrogen) atoms. The summed E-state index contributed by atoms with van der Waals surface area (Å²) in [4.78, 5) is 0. The van der Waals surface area contributed by atoms with Crippen LogP contribution >= 0.6 is 0 Å². The standard InChI is InChI=1S/C6H8N2.H2O/c7-5-2-1-3-6(8)4-5;/h1-4H,7-8H2;1H2. The lowest BCUT2D eigenvalue weighted by Gasteiger charge is -1.91. The molecule has 6 N–H and O–H groups in total. The number of hydrogen-bond donors (Lipinski definition) is 2. The van der Waals surface area contributed by atoms with Gasteiger partial charge >= 0.3 is 0 Å². The fourth-order valence-electron chi connectivity index (χ4n) is 0.559. The highest BCUT2D eigenvalue weighted by molar-refractivity contribution is 5.50. The Balaban J connectivity index is 0.000000640. The van der Waals surface area contributed by atoms with Crippen molar-refractivity contribution in [1.29, 1.82) is 0 Å². The highest BCUT2D eigenvalue weighted by Gasteiger charge is 1.81. The number of rotatable bonds is 0. The van der Waals surface area contributed by atoms with Crippen molar-refractivity contribution in [1.82, 2.24) is 0 Å². The third-order valence-corrected chi connectivity index (χ3v) is 0.911. The molecule has 0 atom stereocenters. The van der Waals surface area contributed by atoms with E-state index in [1.807, 2.05) is 6.07 Å². The average Bonchev–Trinajstić information content (AvgIpc) is 1.64. The van der Waals surface area contributed by atoms with Gasteiger partial charge in [-0.1, -0.05) is 6.07 Å². The van der Waals surface area contributed by atoms with Crippen LogP contribution in [0.5, 0.6) is 0 Å². The topological polar surface area (TPSA) is 83.5 Å². The molecule has 1 aromatic carbocycles. The number of hydrogen-bond acceptors (Lipinski definition) is 2. The predicted molar refractivity (Wildman–Crippen MR) is 38.9 cm³/mol. The summed E-state index contributed by atoms with van der Waals surface area (Å²) in [6.45, 7) is 0. The number of anilines is 2. The van der Waals surface area contributed by atoms with Gasteiger partial charge in [-0.3, -0.25) is 0 Å². The summed E-state index contributed by atoms with van der Waals surface area (Å²) >= 11 is 0. The fraction of sp³-hybridized carbons (Fsp3) is 0. The molecule has 0 unspecified atom stereocenters. The van der Waals surface area contributed by atoms with Crippen molar-refractivity contribution in [3.63, 3.8) is 0 Å². The summed E-state index contributed by atoms with van der Waals surface area (Å²) in [6.07, 6.45) is 0. The van der Waals surface area contributed by atoms with E-state index in [1.165, 1.54) is 0 Å². The molecule has 0 aromatic heterocycles. The van der Waals surface area contributed by atoms with Crippen molar-refractivity contribution < 1.29 is 5.48 Å². The fourth-order valence-corrected chi connectivity index (χ4v) is 0.559. The summed E-state index contributed by atoms with van der Waals surface area (Å²) in [5.74, 6) is 0. The summed E-state index contributed by atoms with van der Waals surface area (Å²) < 4.78 is 0. The molecule has 0 aliphatic rings. The molecule has 3 nitrogen and oxygen atoms in total. The van der Waals surface area contributed by atoms with Gasteiger partial charge in [-0.25, -0.2) is 0 Å². The number of benzene rings is 1. The van der Waals surface area contributed by atoms with Gasteiger partial charge in [0.2, 0.25) is 0 Å². The Bertz CT molecular complexity index is 171. The second-order valence-corrected chi connectivity index (χ2v) is 1.67. The largest absolute Gasteiger partial charge is 0.412 e. The molecule has 0 aliphatic carbocycles. The SMILES string of the molecule is Nc1cccc(N)c1.O. The highest BCUT2D eigenvalue weighted by atomic mass is 16.0. The average molecular weight is 126 g/mol. The molecule has 1 rings (SSSR count). The van der Waals surface area contributed by atoms with Gasteiger partial charge in [0.05, 0.1) is 0 Å². The monoisotopic (exact) mass is 126 g/mol. The summed E-state index contributed by atoms with van der Waals surface area (Å²) in [5.41, 5.74) is 12.2. The van der Waals surface area contributed by atoms with Gasteiger partial charge in [0.25, 0.3) is 0 Å². The first-order valence-corrected chi connectivity index (χ1v) is 2.40. The molecule has 0 heterocycles. The zero-order valence-corrected chi connectivity index (χ0v) is 4.96. The summed E-state index contributed by atoms with van der Waals surface area (Å²) in [7, 11) is 0. The van der Waals surface area contributed by atoms with Crippen molar-refractivity contribution in [3.05, 3.63) is 24.3 Å². The van der Waals surface area contributed by atoms with Crippen molar-refractivity contribution in [2.75, 3.05) is 11.5 Å². The van der Waals surface area contributed by atoms with Crippen LogP contribution < -0.4 is 11.5 Å². The minimum absolute atomic E-state index is 0. The van der Waals surface area contributed by atoms with Crippen LogP contribution in [0.25, 0.3) is 0 Å². The molecule has 0 spiro atoms. The van der Waals surface area contributed by atoms with E-state index in [4.69, 9.17) is 11.5 Å². The Hall–Kier alpha value is -1.22. The second kappa shape index (κ2) is 2.94. The molecule has 1 aromatic rings. The van der Waals surface area contributed by atoms with Gasteiger partial charge in [0.15, 0.2) is 0 Å². The van der Waals surface area contributed by atoms with Crippen molar-refractivity contribution >= 4 is 11.4 Å². The van der Waals surface area contributed by atoms with Crippen molar-refractivity contribution in [3.8, 4) is 0 Å². The summed E-state index contributed by atoms with van der Waals surface area (Å²) in [6, 6.07) is 7.15. The van der Waals surface area contributed by atoms with Crippen LogP contribution in [0, 0.1) is 0 Å². The van der Waals surface area contributed by atoms with Crippen LogP contribution in [0.3, 0.4) is 0 Å². The molecule has 0 aliphatic heterocycles. The second-order valence-electron chi connectivity index (χ2n) is 1.67. The molecule has 0 bridgehead atoms. The maximum absolute atomic E-state index is 5.38. The van der Waals surface area contributed by atoms with Gasteiger partial charge in [0, 0.05) is 11.4 Å². The molecular weight excluding hydrogens is 116 g/mol. The van der Waals surface area contributed by atoms with Crippen LogP contribution in [0.15, 0.2) is 24.3 Å². The normalized spacial score (nSPS) is 8.00. The third-order valence-electron chi connectivity index (χ3n) is 0.911. The smallest absolute Gasteiger partial charge is 0.0334 e. The van der Waals surface area contributed by atoms with E-state index >= 15 is 0 Å². The van der Waals surface area contributed by atoms with Gasteiger partial charge < -0.3 is 16.9 Å². The Morgan fingerprint density at radius 2 is 1.44 bits per heavy atom. The molecule has 3 heteroatoms. The van der Waals surface area contributed by atoms with Gasteiger partial charge in [-0.2, -0.15) is 0 Å². The van der Waals surface area contributed by atoms with Gasteiger partial charge in [0.1, 0.15) is 0 Å².